The molecule has 4 heteroatoms. The van der Waals surface area contributed by atoms with Crippen LogP contribution in [0, 0.1) is 5.92 Å². The van der Waals surface area contributed by atoms with Gasteiger partial charge in [0.15, 0.2) is 0 Å². The highest BCUT2D eigenvalue weighted by Crippen LogP contribution is 2.24. The number of rotatable bonds is 6. The van der Waals surface area contributed by atoms with Gasteiger partial charge in [-0.05, 0) is 60.2 Å². The van der Waals surface area contributed by atoms with Crippen molar-refractivity contribution in [3.8, 4) is 5.75 Å². The summed E-state index contributed by atoms with van der Waals surface area (Å²) in [7, 11) is 0. The minimum Gasteiger partial charge on any atom is -0.493 e. The molecule has 2 aromatic carbocycles. The van der Waals surface area contributed by atoms with E-state index in [9.17, 15) is 4.79 Å². The fraction of sp³-hybridized carbons (Fsp3) is 0.458. The Bertz CT molecular complexity index is 775. The van der Waals surface area contributed by atoms with Gasteiger partial charge < -0.3 is 9.84 Å². The Hall–Kier alpha value is -2.33. The lowest BCUT2D eigenvalue weighted by Gasteiger charge is -2.32. The first-order valence-electron chi connectivity index (χ1n) is 10.1. The van der Waals surface area contributed by atoms with Gasteiger partial charge in [0, 0.05) is 19.0 Å². The third-order valence-corrected chi connectivity index (χ3v) is 5.42. The van der Waals surface area contributed by atoms with Gasteiger partial charge in [-0.15, -0.1) is 0 Å². The molecule has 0 bridgehead atoms. The SMILES string of the molecule is CC(C)(C)c1ccc(CN2CCCC(COc3ccc(C(=O)O)cc3)C2)cc1. The Balaban J connectivity index is 1.50. The summed E-state index contributed by atoms with van der Waals surface area (Å²) in [5.41, 5.74) is 3.21. The van der Waals surface area contributed by atoms with Gasteiger partial charge in [0.05, 0.1) is 12.2 Å². The van der Waals surface area contributed by atoms with E-state index in [2.05, 4.69) is 49.9 Å². The monoisotopic (exact) mass is 381 g/mol. The van der Waals surface area contributed by atoms with Crippen molar-refractivity contribution in [2.45, 2.75) is 45.6 Å². The number of carboxylic acids is 1. The third kappa shape index (κ3) is 5.59. The maximum Gasteiger partial charge on any atom is 0.335 e. The summed E-state index contributed by atoms with van der Waals surface area (Å²) in [5.74, 6) is 0.326. The predicted molar refractivity (Wildman–Crippen MR) is 112 cm³/mol. The molecule has 0 aromatic heterocycles. The Labute approximate surface area is 168 Å². The second kappa shape index (κ2) is 8.78. The van der Waals surface area contributed by atoms with Gasteiger partial charge >= 0.3 is 5.97 Å². The molecule has 0 radical (unpaired) electrons. The average molecular weight is 382 g/mol. The van der Waals surface area contributed by atoms with E-state index >= 15 is 0 Å². The minimum atomic E-state index is -0.912. The van der Waals surface area contributed by atoms with Crippen LogP contribution in [0.25, 0.3) is 0 Å². The van der Waals surface area contributed by atoms with E-state index in [0.29, 0.717) is 12.5 Å². The number of likely N-dealkylation sites (tertiary alicyclic amines) is 1. The largest absolute Gasteiger partial charge is 0.493 e. The summed E-state index contributed by atoms with van der Waals surface area (Å²) < 4.78 is 5.91. The topological polar surface area (TPSA) is 49.8 Å². The lowest BCUT2D eigenvalue weighted by molar-refractivity contribution is 0.0697. The van der Waals surface area contributed by atoms with Gasteiger partial charge in [0.25, 0.3) is 0 Å². The van der Waals surface area contributed by atoms with Gasteiger partial charge in [-0.3, -0.25) is 4.90 Å². The molecule has 1 N–H and O–H groups in total. The van der Waals surface area contributed by atoms with Crippen LogP contribution in [-0.2, 0) is 12.0 Å². The van der Waals surface area contributed by atoms with Gasteiger partial charge in [-0.25, -0.2) is 4.79 Å². The average Bonchev–Trinajstić information content (AvgIpc) is 2.67. The molecular weight excluding hydrogens is 350 g/mol. The zero-order valence-electron chi connectivity index (χ0n) is 17.1. The molecule has 28 heavy (non-hydrogen) atoms. The predicted octanol–water partition coefficient (Wildman–Crippen LogP) is 4.97. The minimum absolute atomic E-state index is 0.189. The van der Waals surface area contributed by atoms with Crippen LogP contribution >= 0.6 is 0 Å². The highest BCUT2D eigenvalue weighted by atomic mass is 16.5. The quantitative estimate of drug-likeness (QED) is 0.767. The molecule has 1 heterocycles. The van der Waals surface area contributed by atoms with Gasteiger partial charge in [-0.1, -0.05) is 45.0 Å². The van der Waals surface area contributed by atoms with Crippen LogP contribution in [-0.4, -0.2) is 35.7 Å². The number of aromatic carboxylic acids is 1. The fourth-order valence-corrected chi connectivity index (χ4v) is 3.71. The summed E-state index contributed by atoms with van der Waals surface area (Å²) in [6, 6.07) is 15.7. The highest BCUT2D eigenvalue weighted by molar-refractivity contribution is 5.87. The summed E-state index contributed by atoms with van der Waals surface area (Å²) in [6.07, 6.45) is 2.36. The molecule has 1 aliphatic rings. The van der Waals surface area contributed by atoms with E-state index in [1.54, 1.807) is 24.3 Å². The fourth-order valence-electron chi connectivity index (χ4n) is 3.71. The number of hydrogen-bond acceptors (Lipinski definition) is 3. The Morgan fingerprint density at radius 2 is 1.79 bits per heavy atom. The normalized spacial score (nSPS) is 18.0. The third-order valence-electron chi connectivity index (χ3n) is 5.42. The lowest BCUT2D eigenvalue weighted by atomic mass is 9.86. The molecule has 2 aromatic rings. The van der Waals surface area contributed by atoms with Crippen molar-refractivity contribution in [3.63, 3.8) is 0 Å². The van der Waals surface area contributed by atoms with Crippen molar-refractivity contribution in [1.82, 2.24) is 4.90 Å². The number of carboxylic acid groups (broad SMARTS) is 1. The van der Waals surface area contributed by atoms with Crippen LogP contribution in [0.1, 0.15) is 55.1 Å². The smallest absolute Gasteiger partial charge is 0.335 e. The van der Waals surface area contributed by atoms with E-state index in [1.807, 2.05) is 0 Å². The highest BCUT2D eigenvalue weighted by Gasteiger charge is 2.21. The molecule has 0 aliphatic carbocycles. The van der Waals surface area contributed by atoms with Gasteiger partial charge in [-0.2, -0.15) is 0 Å². The molecule has 1 saturated heterocycles. The Morgan fingerprint density at radius 1 is 1.11 bits per heavy atom. The molecule has 3 rings (SSSR count). The number of ether oxygens (including phenoxy) is 1. The molecule has 1 fully saturated rings. The number of hydrogen-bond donors (Lipinski definition) is 1. The zero-order valence-corrected chi connectivity index (χ0v) is 17.1. The number of benzene rings is 2. The Kier molecular flexibility index (Phi) is 6.40. The molecule has 0 spiro atoms. The summed E-state index contributed by atoms with van der Waals surface area (Å²) in [4.78, 5) is 13.4. The van der Waals surface area contributed by atoms with Crippen molar-refractivity contribution >= 4 is 5.97 Å². The van der Waals surface area contributed by atoms with E-state index in [0.717, 1.165) is 25.4 Å². The molecule has 0 saturated carbocycles. The summed E-state index contributed by atoms with van der Waals surface area (Å²) >= 11 is 0. The molecule has 1 atom stereocenters. The van der Waals surface area contributed by atoms with Crippen molar-refractivity contribution in [2.24, 2.45) is 5.92 Å². The first-order valence-corrected chi connectivity index (χ1v) is 10.1. The second-order valence-electron chi connectivity index (χ2n) is 8.83. The van der Waals surface area contributed by atoms with Gasteiger partial charge in [0.2, 0.25) is 0 Å². The van der Waals surface area contributed by atoms with Crippen molar-refractivity contribution in [3.05, 3.63) is 65.2 Å². The molecule has 1 aliphatic heterocycles. The molecule has 4 nitrogen and oxygen atoms in total. The van der Waals surface area contributed by atoms with Crippen LogP contribution < -0.4 is 4.74 Å². The van der Waals surface area contributed by atoms with E-state index in [-0.39, 0.29) is 11.0 Å². The summed E-state index contributed by atoms with van der Waals surface area (Å²) in [5, 5.41) is 8.97. The van der Waals surface area contributed by atoms with E-state index in [1.165, 1.54) is 24.0 Å². The van der Waals surface area contributed by atoms with Crippen LogP contribution in [0.4, 0.5) is 0 Å². The zero-order chi connectivity index (χ0) is 20.1. The molecule has 0 amide bonds. The Morgan fingerprint density at radius 3 is 2.39 bits per heavy atom. The molecular formula is C24H31NO3. The number of piperidine rings is 1. The maximum absolute atomic E-state index is 10.9. The standard InChI is InChI=1S/C24H31NO3/c1-24(2,3)21-10-6-18(7-11-21)15-25-14-4-5-19(16-25)17-28-22-12-8-20(9-13-22)23(26)27/h6-13,19H,4-5,14-17H2,1-3H3,(H,26,27). The first-order chi connectivity index (χ1) is 13.3. The maximum atomic E-state index is 10.9. The van der Waals surface area contributed by atoms with E-state index in [4.69, 9.17) is 9.84 Å². The number of nitrogens with zero attached hydrogens (tertiary/aromatic N) is 1. The molecule has 150 valence electrons. The van der Waals surface area contributed by atoms with Crippen molar-refractivity contribution < 1.29 is 14.6 Å². The van der Waals surface area contributed by atoms with Crippen molar-refractivity contribution in [1.29, 1.82) is 0 Å². The van der Waals surface area contributed by atoms with Crippen LogP contribution in [0.15, 0.2) is 48.5 Å². The van der Waals surface area contributed by atoms with Crippen molar-refractivity contribution in [2.75, 3.05) is 19.7 Å². The molecule has 1 unspecified atom stereocenters. The van der Waals surface area contributed by atoms with Crippen LogP contribution in [0.2, 0.25) is 0 Å². The van der Waals surface area contributed by atoms with Crippen LogP contribution in [0.5, 0.6) is 5.75 Å². The lowest BCUT2D eigenvalue weighted by Crippen LogP contribution is -2.37. The van der Waals surface area contributed by atoms with Crippen LogP contribution in [0.3, 0.4) is 0 Å². The summed E-state index contributed by atoms with van der Waals surface area (Å²) in [6.45, 7) is 10.5. The van der Waals surface area contributed by atoms with Gasteiger partial charge in [0.1, 0.15) is 5.75 Å². The second-order valence-corrected chi connectivity index (χ2v) is 8.83. The first kappa shape index (κ1) is 20.4. The van der Waals surface area contributed by atoms with E-state index < -0.39 is 5.97 Å². The number of carbonyl (C=O) groups is 1.